The minimum absolute atomic E-state index is 0.0128. The molecular formula is C25H26ClN3O4. The molecule has 0 unspecified atom stereocenters. The Hall–Kier alpha value is -3.32. The molecule has 0 saturated heterocycles. The number of ether oxygens (including phenoxy) is 2. The van der Waals surface area contributed by atoms with Crippen molar-refractivity contribution >= 4 is 23.5 Å². The number of rotatable bonds is 9. The molecule has 1 atom stereocenters. The molecule has 1 aliphatic carbocycles. The van der Waals surface area contributed by atoms with E-state index < -0.39 is 5.97 Å². The van der Waals surface area contributed by atoms with E-state index in [4.69, 9.17) is 21.1 Å². The number of carboxylic acid groups (broad SMARTS) is 1. The van der Waals surface area contributed by atoms with Crippen LogP contribution in [0.4, 0.5) is 5.95 Å². The van der Waals surface area contributed by atoms with Gasteiger partial charge < -0.3 is 19.9 Å². The summed E-state index contributed by atoms with van der Waals surface area (Å²) in [6.07, 6.45) is 5.61. The van der Waals surface area contributed by atoms with E-state index in [1.54, 1.807) is 12.1 Å². The number of para-hydroxylation sites is 1. The number of aromatic nitrogens is 2. The molecule has 1 aromatic heterocycles. The summed E-state index contributed by atoms with van der Waals surface area (Å²) in [5.41, 5.74) is 2.98. The fraction of sp³-hybridized carbons (Fsp3) is 0.320. The number of hydrogen-bond acceptors (Lipinski definition) is 6. The van der Waals surface area contributed by atoms with Crippen molar-refractivity contribution < 1.29 is 19.4 Å². The topological polar surface area (TPSA) is 93.6 Å². The van der Waals surface area contributed by atoms with Gasteiger partial charge in [0.1, 0.15) is 29.8 Å². The lowest BCUT2D eigenvalue weighted by Crippen LogP contribution is -2.24. The van der Waals surface area contributed by atoms with Gasteiger partial charge in [-0.05, 0) is 68.0 Å². The summed E-state index contributed by atoms with van der Waals surface area (Å²) >= 11 is 6.14. The van der Waals surface area contributed by atoms with Crippen molar-refractivity contribution in [2.45, 2.75) is 45.3 Å². The van der Waals surface area contributed by atoms with Gasteiger partial charge in [-0.15, -0.1) is 0 Å². The summed E-state index contributed by atoms with van der Waals surface area (Å²) in [7, 11) is 0. The Labute approximate surface area is 197 Å². The van der Waals surface area contributed by atoms with Crippen LogP contribution < -0.4 is 14.8 Å². The number of nitrogens with zero attached hydrogens (tertiary/aromatic N) is 2. The monoisotopic (exact) mass is 467 g/mol. The third-order valence-electron chi connectivity index (χ3n) is 5.51. The first-order chi connectivity index (χ1) is 16.0. The van der Waals surface area contributed by atoms with E-state index in [1.165, 1.54) is 30.2 Å². The van der Waals surface area contributed by atoms with Crippen molar-refractivity contribution in [3.8, 4) is 11.5 Å². The molecule has 0 aliphatic heterocycles. The van der Waals surface area contributed by atoms with Gasteiger partial charge in [0, 0.05) is 6.20 Å². The molecule has 1 aliphatic rings. The highest BCUT2D eigenvalue weighted by Gasteiger charge is 2.16. The Morgan fingerprint density at radius 3 is 2.76 bits per heavy atom. The van der Waals surface area contributed by atoms with Crippen LogP contribution in [0.25, 0.3) is 0 Å². The molecule has 172 valence electrons. The summed E-state index contributed by atoms with van der Waals surface area (Å²) in [5, 5.41) is 13.2. The van der Waals surface area contributed by atoms with Crippen LogP contribution in [0.2, 0.25) is 5.02 Å². The smallest absolute Gasteiger partial charge is 0.339 e. The summed E-state index contributed by atoms with van der Waals surface area (Å²) in [6, 6.07) is 13.3. The van der Waals surface area contributed by atoms with E-state index in [-0.39, 0.29) is 18.3 Å². The Balaban J connectivity index is 1.41. The lowest BCUT2D eigenvalue weighted by Gasteiger charge is -2.17. The molecule has 7 nitrogen and oxygen atoms in total. The molecule has 0 amide bonds. The fourth-order valence-corrected chi connectivity index (χ4v) is 3.96. The van der Waals surface area contributed by atoms with Gasteiger partial charge in [-0.25, -0.2) is 14.8 Å². The maximum Gasteiger partial charge on any atom is 0.339 e. The largest absolute Gasteiger partial charge is 0.487 e. The molecule has 0 bridgehead atoms. The van der Waals surface area contributed by atoms with Gasteiger partial charge in [0.15, 0.2) is 0 Å². The maximum absolute atomic E-state index is 11.6. The molecule has 0 radical (unpaired) electrons. The minimum atomic E-state index is -1.10. The molecule has 4 rings (SSSR count). The van der Waals surface area contributed by atoms with Crippen molar-refractivity contribution in [3.05, 3.63) is 76.1 Å². The highest BCUT2D eigenvalue weighted by atomic mass is 35.5. The first-order valence-electron chi connectivity index (χ1n) is 11.0. The zero-order chi connectivity index (χ0) is 23.2. The number of carboxylic acids is 1. The number of nitrogens with one attached hydrogen (secondary N) is 1. The van der Waals surface area contributed by atoms with Gasteiger partial charge in [0.2, 0.25) is 5.95 Å². The molecule has 3 aromatic rings. The van der Waals surface area contributed by atoms with Crippen LogP contribution in [0, 0.1) is 0 Å². The summed E-state index contributed by atoms with van der Waals surface area (Å²) in [5.74, 6) is 0.510. The van der Waals surface area contributed by atoms with Crippen LogP contribution in [0.3, 0.4) is 0 Å². The van der Waals surface area contributed by atoms with E-state index in [1.807, 2.05) is 31.2 Å². The van der Waals surface area contributed by atoms with Crippen LogP contribution in [-0.4, -0.2) is 33.7 Å². The molecule has 0 fully saturated rings. The predicted octanol–water partition coefficient (Wildman–Crippen LogP) is 5.17. The Bertz CT molecular complexity index is 1140. The van der Waals surface area contributed by atoms with E-state index in [0.717, 1.165) is 12.8 Å². The second kappa shape index (κ2) is 10.5. The van der Waals surface area contributed by atoms with Gasteiger partial charge in [-0.1, -0.05) is 29.8 Å². The number of benzene rings is 2. The second-order valence-electron chi connectivity index (χ2n) is 8.03. The van der Waals surface area contributed by atoms with Gasteiger partial charge in [-0.3, -0.25) is 0 Å². The Morgan fingerprint density at radius 1 is 1.18 bits per heavy atom. The van der Waals surface area contributed by atoms with Crippen molar-refractivity contribution in [1.82, 2.24) is 9.97 Å². The number of aryl methyl sites for hydroxylation is 2. The Morgan fingerprint density at radius 2 is 1.97 bits per heavy atom. The van der Waals surface area contributed by atoms with Crippen LogP contribution in [0.1, 0.15) is 46.9 Å². The number of halogens is 1. The van der Waals surface area contributed by atoms with Crippen LogP contribution in [-0.2, 0) is 19.4 Å². The lowest BCUT2D eigenvalue weighted by molar-refractivity contribution is 0.0692. The van der Waals surface area contributed by atoms with Crippen molar-refractivity contribution in [2.24, 2.45) is 0 Å². The molecular weight excluding hydrogens is 442 g/mol. The minimum Gasteiger partial charge on any atom is -0.487 e. The number of anilines is 1. The van der Waals surface area contributed by atoms with Gasteiger partial charge in [0.25, 0.3) is 0 Å². The van der Waals surface area contributed by atoms with Gasteiger partial charge >= 0.3 is 5.97 Å². The number of aromatic carboxylic acids is 1. The lowest BCUT2D eigenvalue weighted by atomic mass is 9.92. The third-order valence-corrected chi connectivity index (χ3v) is 5.82. The normalized spacial score (nSPS) is 13.6. The Kier molecular flexibility index (Phi) is 7.29. The van der Waals surface area contributed by atoms with Crippen LogP contribution in [0.15, 0.2) is 48.7 Å². The summed E-state index contributed by atoms with van der Waals surface area (Å²) in [4.78, 5) is 20.2. The van der Waals surface area contributed by atoms with Crippen LogP contribution >= 0.6 is 11.6 Å². The molecule has 2 N–H and O–H groups in total. The van der Waals surface area contributed by atoms with E-state index in [2.05, 4.69) is 21.4 Å². The van der Waals surface area contributed by atoms with E-state index >= 15 is 0 Å². The summed E-state index contributed by atoms with van der Waals surface area (Å²) < 4.78 is 11.7. The maximum atomic E-state index is 11.6. The van der Waals surface area contributed by atoms with Crippen molar-refractivity contribution in [2.75, 3.05) is 11.9 Å². The molecule has 8 heteroatoms. The standard InChI is InChI=1S/C25H26ClN3O4/c1-16(33-23-9-5-4-8-21(23)26)13-27-25-28-14-20(24(30)31)22(29-25)15-32-19-11-10-17-6-2-3-7-18(17)12-19/h4-5,8-12,14,16H,2-3,6-7,13,15H2,1H3,(H,30,31)(H,27,28,29)/t16-/m0/s1. The third kappa shape index (κ3) is 5.93. The van der Waals surface area contributed by atoms with E-state index in [9.17, 15) is 9.90 Å². The number of carbonyl (C=O) groups is 1. The fourth-order valence-electron chi connectivity index (χ4n) is 3.78. The number of fused-ring (bicyclic) bond motifs is 1. The van der Waals surface area contributed by atoms with Crippen molar-refractivity contribution in [3.63, 3.8) is 0 Å². The molecule has 0 spiro atoms. The highest BCUT2D eigenvalue weighted by molar-refractivity contribution is 6.32. The average Bonchev–Trinajstić information content (AvgIpc) is 2.82. The van der Waals surface area contributed by atoms with Crippen molar-refractivity contribution in [1.29, 1.82) is 0 Å². The first-order valence-corrected chi connectivity index (χ1v) is 11.4. The first kappa shape index (κ1) is 22.9. The average molecular weight is 468 g/mol. The van der Waals surface area contributed by atoms with Gasteiger partial charge in [-0.2, -0.15) is 0 Å². The zero-order valence-corrected chi connectivity index (χ0v) is 19.1. The molecule has 2 aromatic carbocycles. The quantitative estimate of drug-likeness (QED) is 0.448. The van der Waals surface area contributed by atoms with E-state index in [0.29, 0.717) is 34.7 Å². The molecule has 0 saturated carbocycles. The van der Waals surface area contributed by atoms with Crippen LogP contribution in [0.5, 0.6) is 11.5 Å². The summed E-state index contributed by atoms with van der Waals surface area (Å²) in [6.45, 7) is 2.33. The number of hydrogen-bond donors (Lipinski definition) is 2. The second-order valence-corrected chi connectivity index (χ2v) is 8.43. The van der Waals surface area contributed by atoms with Gasteiger partial charge in [0.05, 0.1) is 17.3 Å². The highest BCUT2D eigenvalue weighted by Crippen LogP contribution is 2.26. The SMILES string of the molecule is C[C@@H](CNc1ncc(C(=O)O)c(COc2ccc3c(c2)CCCC3)n1)Oc1ccccc1Cl. The predicted molar refractivity (Wildman–Crippen MR) is 126 cm³/mol. The molecule has 33 heavy (non-hydrogen) atoms. The zero-order valence-electron chi connectivity index (χ0n) is 18.4. The molecule has 1 heterocycles.